The minimum Gasteiger partial charge on any atom is -0.482 e. The second kappa shape index (κ2) is 9.08. The fourth-order valence-corrected chi connectivity index (χ4v) is 3.47. The Kier molecular flexibility index (Phi) is 6.51. The van der Waals surface area contributed by atoms with Gasteiger partial charge in [-0.25, -0.2) is 13.8 Å². The molecule has 30 heavy (non-hydrogen) atoms. The molecule has 0 amide bonds. The van der Waals surface area contributed by atoms with Crippen LogP contribution in [0.5, 0.6) is 5.75 Å². The summed E-state index contributed by atoms with van der Waals surface area (Å²) in [7, 11) is 0. The van der Waals surface area contributed by atoms with Crippen LogP contribution in [0.15, 0.2) is 51.6 Å². The molecule has 1 aliphatic heterocycles. The van der Waals surface area contributed by atoms with Gasteiger partial charge in [-0.05, 0) is 62.7 Å². The summed E-state index contributed by atoms with van der Waals surface area (Å²) in [5.41, 5.74) is 15.3. The largest absolute Gasteiger partial charge is 0.482 e. The number of hydrogen-bond donors (Lipinski definition) is 4. The van der Waals surface area contributed by atoms with Gasteiger partial charge in [0.25, 0.3) is 0 Å². The zero-order valence-corrected chi connectivity index (χ0v) is 17.6. The van der Waals surface area contributed by atoms with Crippen LogP contribution in [0.4, 0.5) is 10.2 Å². The molecule has 2 heterocycles. The van der Waals surface area contributed by atoms with Gasteiger partial charge in [0.15, 0.2) is 11.6 Å². The van der Waals surface area contributed by atoms with Crippen molar-refractivity contribution in [1.82, 2.24) is 4.98 Å². The summed E-state index contributed by atoms with van der Waals surface area (Å²) in [6.45, 7) is 4.17. The van der Waals surface area contributed by atoms with E-state index < -0.39 is 11.9 Å². The van der Waals surface area contributed by atoms with Crippen molar-refractivity contribution in [3.63, 3.8) is 0 Å². The summed E-state index contributed by atoms with van der Waals surface area (Å²) < 4.78 is 24.1. The van der Waals surface area contributed by atoms with Gasteiger partial charge in [0.1, 0.15) is 11.9 Å². The number of halogens is 1. The van der Waals surface area contributed by atoms with Crippen LogP contribution in [-0.2, 0) is 0 Å². The van der Waals surface area contributed by atoms with E-state index in [1.54, 1.807) is 19.2 Å². The van der Waals surface area contributed by atoms with E-state index in [1.807, 2.05) is 6.92 Å². The van der Waals surface area contributed by atoms with E-state index in [1.165, 1.54) is 24.4 Å². The average molecular weight is 427 g/mol. The van der Waals surface area contributed by atoms with Crippen molar-refractivity contribution in [2.75, 3.05) is 12.3 Å². The van der Waals surface area contributed by atoms with Gasteiger partial charge >= 0.3 is 0 Å². The van der Waals surface area contributed by atoms with Crippen LogP contribution < -0.4 is 16.2 Å². The fourth-order valence-electron chi connectivity index (χ4n) is 3.30. The first-order valence-electron chi connectivity index (χ1n) is 9.37. The normalized spacial score (nSPS) is 21.1. The van der Waals surface area contributed by atoms with E-state index in [9.17, 15) is 4.39 Å². The van der Waals surface area contributed by atoms with Crippen LogP contribution >= 0.6 is 12.8 Å². The van der Waals surface area contributed by atoms with Gasteiger partial charge in [-0.3, -0.25) is 10.4 Å². The highest BCUT2D eigenvalue weighted by Crippen LogP contribution is 2.31. The van der Waals surface area contributed by atoms with Gasteiger partial charge in [-0.2, -0.15) is 0 Å². The van der Waals surface area contributed by atoms with Gasteiger partial charge in [-0.1, -0.05) is 0 Å². The minimum absolute atomic E-state index is 0.0981. The molecule has 0 saturated carbocycles. The van der Waals surface area contributed by atoms with Crippen molar-refractivity contribution >= 4 is 35.8 Å². The van der Waals surface area contributed by atoms with Crippen LogP contribution in [0.2, 0.25) is 0 Å². The second-order valence-corrected chi connectivity index (χ2v) is 6.91. The monoisotopic (exact) mass is 426 g/mol. The smallest absolute Gasteiger partial charge is 0.166 e. The highest BCUT2D eigenvalue weighted by molar-refractivity contribution is 7.79. The maximum absolute atomic E-state index is 14.0. The number of pyridine rings is 1. The van der Waals surface area contributed by atoms with Gasteiger partial charge in [0.05, 0.1) is 17.1 Å². The van der Waals surface area contributed by atoms with Crippen LogP contribution in [0.1, 0.15) is 43.1 Å². The topological polar surface area (TPSA) is 123 Å². The van der Waals surface area contributed by atoms with Crippen molar-refractivity contribution < 1.29 is 9.13 Å². The molecule has 0 radical (unpaired) electrons. The molecule has 7 nitrogen and oxygen atoms in total. The molecule has 1 atom stereocenters. The highest BCUT2D eigenvalue weighted by atomic mass is 32.1. The quantitative estimate of drug-likeness (QED) is 0.520. The van der Waals surface area contributed by atoms with E-state index in [-0.39, 0.29) is 18.0 Å². The molecule has 0 fully saturated rings. The lowest BCUT2D eigenvalue weighted by atomic mass is 9.91. The molecule has 2 bridgehead atoms. The number of nitrogens with one attached hydrogen (secondary N) is 1. The van der Waals surface area contributed by atoms with Crippen molar-refractivity contribution in [3.05, 3.63) is 64.7 Å². The molecule has 0 unspecified atom stereocenters. The first-order chi connectivity index (χ1) is 14.4. The number of fused-ring (bicyclic) bond motifs is 3. The third kappa shape index (κ3) is 4.20. The van der Waals surface area contributed by atoms with E-state index in [2.05, 4.69) is 27.2 Å². The van der Waals surface area contributed by atoms with E-state index >= 15 is 0 Å². The van der Waals surface area contributed by atoms with E-state index in [0.717, 1.165) is 0 Å². The van der Waals surface area contributed by atoms with Crippen LogP contribution in [0.25, 0.3) is 0 Å². The summed E-state index contributed by atoms with van der Waals surface area (Å²) in [6.07, 6.45) is 2.63. The number of nitrogen functional groups attached to an aromatic ring is 1. The number of allylic oxidation sites excluding steroid dienone is 1. The average Bonchev–Trinajstić information content (AvgIpc) is 2.74. The first-order valence-corrected chi connectivity index (χ1v) is 9.77. The summed E-state index contributed by atoms with van der Waals surface area (Å²) in [4.78, 5) is 8.80. The number of nitrogens with zero attached hydrogens (tertiary/aromatic N) is 3. The molecule has 2 aromatic rings. The number of rotatable bonds is 1. The number of anilines is 1. The molecule has 3 rings (SSSR count). The molecular weight excluding hydrogens is 403 g/mol. The fraction of sp³-hybridized carbons (Fsp3) is 0.238. The molecule has 1 aliphatic rings. The van der Waals surface area contributed by atoms with Crippen molar-refractivity contribution in [2.24, 2.45) is 15.1 Å². The van der Waals surface area contributed by atoms with Crippen LogP contribution in [0.3, 0.4) is 0 Å². The maximum Gasteiger partial charge on any atom is 0.166 e. The first kappa shape index (κ1) is 21.5. The third-order valence-electron chi connectivity index (χ3n) is 4.77. The molecule has 1 aromatic heterocycles. The van der Waals surface area contributed by atoms with E-state index in [0.29, 0.717) is 46.0 Å². The van der Waals surface area contributed by atoms with Crippen LogP contribution in [-0.4, -0.2) is 28.7 Å². The zero-order chi connectivity index (χ0) is 21.8. The van der Waals surface area contributed by atoms with Gasteiger partial charge in [-0.15, -0.1) is 0 Å². The third-order valence-corrected chi connectivity index (χ3v) is 5.01. The number of aromatic nitrogens is 1. The second-order valence-electron chi connectivity index (χ2n) is 6.71. The lowest BCUT2D eigenvalue weighted by Crippen LogP contribution is -2.22. The molecule has 0 aliphatic carbocycles. The Morgan fingerprint density at radius 1 is 1.40 bits per heavy atom. The molecule has 1 aromatic carbocycles. The minimum atomic E-state index is -0.605. The molecule has 156 valence electrons. The Hall–Kier alpha value is -3.20. The van der Waals surface area contributed by atoms with Gasteiger partial charge in [0, 0.05) is 35.9 Å². The summed E-state index contributed by atoms with van der Waals surface area (Å²) in [6, 6.07) is 5.90. The number of ether oxygens (including phenoxy) is 1. The maximum atomic E-state index is 14.0. The zero-order valence-electron chi connectivity index (χ0n) is 16.7. The molecule has 0 saturated heterocycles. The van der Waals surface area contributed by atoms with Gasteiger partial charge < -0.3 is 16.2 Å². The number of hydrogen-bond acceptors (Lipinski definition) is 8. The summed E-state index contributed by atoms with van der Waals surface area (Å²) in [5.74, 6) is 0.0983. The number of thiol groups is 1. The number of aliphatic imine (C=N–C) groups is 1. The lowest BCUT2D eigenvalue weighted by molar-refractivity contribution is 0.227. The highest BCUT2D eigenvalue weighted by Gasteiger charge is 2.24. The van der Waals surface area contributed by atoms with Crippen LogP contribution in [0, 0.1) is 11.2 Å². The molecular formula is C21H23FN6OS. The van der Waals surface area contributed by atoms with Crippen molar-refractivity contribution in [3.8, 4) is 5.75 Å². The summed E-state index contributed by atoms with van der Waals surface area (Å²) >= 11 is 4.06. The Morgan fingerprint density at radius 3 is 2.83 bits per heavy atom. The predicted molar refractivity (Wildman–Crippen MR) is 121 cm³/mol. The van der Waals surface area contributed by atoms with Gasteiger partial charge in [0.2, 0.25) is 0 Å². The number of nitrogens with two attached hydrogens (primary N) is 2. The molecule has 0 spiro atoms. The molecule has 9 heteroatoms. The summed E-state index contributed by atoms with van der Waals surface area (Å²) in [5, 5.41) is 8.71. The van der Waals surface area contributed by atoms with Crippen molar-refractivity contribution in [2.45, 2.75) is 26.4 Å². The molecule has 5 N–H and O–H groups in total. The van der Waals surface area contributed by atoms with Crippen molar-refractivity contribution in [1.29, 1.82) is 5.41 Å². The SMILES string of the molecule is CCN=C1C(=CN)CC(=NS)C(=N)c2ccc(F)cc2[C@@H](C)Oc2cc1cnc2N. The predicted octanol–water partition coefficient (Wildman–Crippen LogP) is 3.65. The standard InChI is InChI=1S/C21H23FN6OS/c1-3-26-20-12(9-23)6-17(28-30)19(24)15-5-4-14(22)8-16(15)11(2)29-18-7-13(20)10-27-21(18)25/h4-5,7-11,24,30H,3,6,23H2,1-2H3,(H2,25,27)/t11-/m1/s1. The Morgan fingerprint density at radius 2 is 2.17 bits per heavy atom. The Balaban J connectivity index is 2.28. The Labute approximate surface area is 179 Å². The number of benzene rings is 1. The van der Waals surface area contributed by atoms with E-state index in [4.69, 9.17) is 21.6 Å². The lowest BCUT2D eigenvalue weighted by Gasteiger charge is -2.22. The Bertz CT molecular complexity index is 1080.